The first kappa shape index (κ1) is 10.9. The Labute approximate surface area is 72.7 Å². The van der Waals surface area contributed by atoms with Crippen LogP contribution in [0.3, 0.4) is 0 Å². The van der Waals surface area contributed by atoms with Crippen molar-refractivity contribution in [2.75, 3.05) is 6.54 Å². The van der Waals surface area contributed by atoms with E-state index in [1.165, 1.54) is 13.8 Å². The maximum atomic E-state index is 10.6. The standard InChI is InChI=1S/C8H16N2O2/c1-6(10-8(3)12)4-5-9-7(2)11/h6H,4-5H2,1-3H3,(H,9,11)(H,10,12). The lowest BCUT2D eigenvalue weighted by Gasteiger charge is -2.11. The molecule has 12 heavy (non-hydrogen) atoms. The van der Waals surface area contributed by atoms with Crippen molar-refractivity contribution in [2.45, 2.75) is 33.2 Å². The third-order valence-corrected chi connectivity index (χ3v) is 1.40. The van der Waals surface area contributed by atoms with Gasteiger partial charge in [-0.25, -0.2) is 0 Å². The van der Waals surface area contributed by atoms with Crippen LogP contribution in [0, 0.1) is 0 Å². The first-order valence-electron chi connectivity index (χ1n) is 4.04. The van der Waals surface area contributed by atoms with E-state index in [2.05, 4.69) is 10.6 Å². The van der Waals surface area contributed by atoms with Gasteiger partial charge in [-0.2, -0.15) is 0 Å². The van der Waals surface area contributed by atoms with Crippen molar-refractivity contribution in [1.29, 1.82) is 0 Å². The zero-order valence-corrected chi connectivity index (χ0v) is 7.81. The zero-order valence-electron chi connectivity index (χ0n) is 7.81. The monoisotopic (exact) mass is 172 g/mol. The molecule has 0 radical (unpaired) electrons. The van der Waals surface area contributed by atoms with Gasteiger partial charge in [-0.3, -0.25) is 9.59 Å². The Morgan fingerprint density at radius 3 is 2.25 bits per heavy atom. The lowest BCUT2D eigenvalue weighted by atomic mass is 10.2. The van der Waals surface area contributed by atoms with Crippen LogP contribution >= 0.6 is 0 Å². The molecule has 0 saturated heterocycles. The van der Waals surface area contributed by atoms with Gasteiger partial charge in [0.15, 0.2) is 0 Å². The van der Waals surface area contributed by atoms with Crippen molar-refractivity contribution in [3.8, 4) is 0 Å². The second-order valence-electron chi connectivity index (χ2n) is 2.87. The molecule has 0 heterocycles. The summed E-state index contributed by atoms with van der Waals surface area (Å²) in [6.07, 6.45) is 0.763. The Morgan fingerprint density at radius 2 is 1.83 bits per heavy atom. The Bertz CT molecular complexity index is 168. The summed E-state index contributed by atoms with van der Waals surface area (Å²) in [7, 11) is 0. The van der Waals surface area contributed by atoms with E-state index >= 15 is 0 Å². The average molecular weight is 172 g/mol. The summed E-state index contributed by atoms with van der Waals surface area (Å²) < 4.78 is 0. The summed E-state index contributed by atoms with van der Waals surface area (Å²) in [5.74, 6) is -0.0737. The molecule has 1 atom stereocenters. The van der Waals surface area contributed by atoms with Gasteiger partial charge in [0.25, 0.3) is 0 Å². The van der Waals surface area contributed by atoms with Crippen molar-refractivity contribution in [2.24, 2.45) is 0 Å². The lowest BCUT2D eigenvalue weighted by Crippen LogP contribution is -2.34. The molecule has 0 spiro atoms. The molecule has 0 fully saturated rings. The fourth-order valence-corrected chi connectivity index (χ4v) is 0.884. The third-order valence-electron chi connectivity index (χ3n) is 1.40. The fourth-order valence-electron chi connectivity index (χ4n) is 0.884. The van der Waals surface area contributed by atoms with Gasteiger partial charge in [0.2, 0.25) is 11.8 Å². The molecule has 0 rings (SSSR count). The Balaban J connectivity index is 3.37. The maximum Gasteiger partial charge on any atom is 0.217 e. The van der Waals surface area contributed by atoms with E-state index in [0.717, 1.165) is 6.42 Å². The van der Waals surface area contributed by atoms with E-state index in [0.29, 0.717) is 6.54 Å². The summed E-state index contributed by atoms with van der Waals surface area (Å²) in [6.45, 7) is 5.47. The van der Waals surface area contributed by atoms with E-state index in [1.807, 2.05) is 6.92 Å². The highest BCUT2D eigenvalue weighted by atomic mass is 16.2. The van der Waals surface area contributed by atoms with Crippen molar-refractivity contribution < 1.29 is 9.59 Å². The minimum absolute atomic E-state index is 0.0367. The van der Waals surface area contributed by atoms with Crippen LogP contribution in [0.2, 0.25) is 0 Å². The van der Waals surface area contributed by atoms with Crippen LogP contribution in [-0.2, 0) is 9.59 Å². The molecule has 0 bridgehead atoms. The average Bonchev–Trinajstić information content (AvgIpc) is 1.84. The minimum Gasteiger partial charge on any atom is -0.356 e. The molecular formula is C8H16N2O2. The number of amides is 2. The molecule has 70 valence electrons. The van der Waals surface area contributed by atoms with E-state index in [9.17, 15) is 9.59 Å². The molecule has 0 aromatic rings. The summed E-state index contributed by atoms with van der Waals surface area (Å²) in [6, 6.07) is 0.120. The smallest absolute Gasteiger partial charge is 0.217 e. The number of hydrogen-bond donors (Lipinski definition) is 2. The van der Waals surface area contributed by atoms with Gasteiger partial charge in [-0.1, -0.05) is 0 Å². The first-order chi connectivity index (χ1) is 5.52. The molecule has 4 nitrogen and oxygen atoms in total. The molecule has 4 heteroatoms. The molecule has 0 aliphatic carbocycles. The van der Waals surface area contributed by atoms with Gasteiger partial charge < -0.3 is 10.6 Å². The van der Waals surface area contributed by atoms with Crippen LogP contribution in [0.4, 0.5) is 0 Å². The topological polar surface area (TPSA) is 58.2 Å². The molecule has 0 aliphatic rings. The van der Waals surface area contributed by atoms with Crippen LogP contribution in [0.5, 0.6) is 0 Å². The Morgan fingerprint density at radius 1 is 1.25 bits per heavy atom. The summed E-state index contributed by atoms with van der Waals surface area (Å²) in [5.41, 5.74) is 0. The Kier molecular flexibility index (Phi) is 5.08. The fraction of sp³-hybridized carbons (Fsp3) is 0.750. The van der Waals surface area contributed by atoms with Gasteiger partial charge in [0, 0.05) is 26.4 Å². The molecule has 0 aromatic carbocycles. The highest BCUT2D eigenvalue weighted by molar-refractivity contribution is 5.73. The number of carbonyl (C=O) groups is 2. The summed E-state index contributed by atoms with van der Waals surface area (Å²) in [5, 5.41) is 5.39. The van der Waals surface area contributed by atoms with Gasteiger partial charge in [-0.15, -0.1) is 0 Å². The summed E-state index contributed by atoms with van der Waals surface area (Å²) >= 11 is 0. The van der Waals surface area contributed by atoms with E-state index in [1.54, 1.807) is 0 Å². The zero-order chi connectivity index (χ0) is 9.56. The van der Waals surface area contributed by atoms with Crippen molar-refractivity contribution >= 4 is 11.8 Å². The van der Waals surface area contributed by atoms with Crippen molar-refractivity contribution in [3.05, 3.63) is 0 Å². The predicted molar refractivity (Wildman–Crippen MR) is 46.6 cm³/mol. The Hall–Kier alpha value is -1.06. The molecule has 2 N–H and O–H groups in total. The molecule has 0 saturated carbocycles. The van der Waals surface area contributed by atoms with Crippen LogP contribution in [0.1, 0.15) is 27.2 Å². The third kappa shape index (κ3) is 7.05. The van der Waals surface area contributed by atoms with Crippen molar-refractivity contribution in [1.82, 2.24) is 10.6 Å². The molecular weight excluding hydrogens is 156 g/mol. The summed E-state index contributed by atoms with van der Waals surface area (Å²) in [4.78, 5) is 21.0. The van der Waals surface area contributed by atoms with Crippen LogP contribution in [0.15, 0.2) is 0 Å². The predicted octanol–water partition coefficient (Wildman–Crippen LogP) is 0.0372. The van der Waals surface area contributed by atoms with E-state index in [-0.39, 0.29) is 17.9 Å². The molecule has 0 aliphatic heterocycles. The normalized spacial score (nSPS) is 11.9. The minimum atomic E-state index is -0.0370. The SMILES string of the molecule is CC(=O)NCCC(C)NC(C)=O. The number of nitrogens with one attached hydrogen (secondary N) is 2. The number of hydrogen-bond acceptors (Lipinski definition) is 2. The highest BCUT2D eigenvalue weighted by Gasteiger charge is 2.02. The molecule has 2 amide bonds. The number of carbonyl (C=O) groups excluding carboxylic acids is 2. The van der Waals surface area contributed by atoms with Crippen LogP contribution in [-0.4, -0.2) is 24.4 Å². The van der Waals surface area contributed by atoms with Gasteiger partial charge >= 0.3 is 0 Å². The highest BCUT2D eigenvalue weighted by Crippen LogP contribution is 1.87. The molecule has 0 aromatic heterocycles. The van der Waals surface area contributed by atoms with Crippen molar-refractivity contribution in [3.63, 3.8) is 0 Å². The second kappa shape index (κ2) is 5.57. The lowest BCUT2D eigenvalue weighted by molar-refractivity contribution is -0.119. The van der Waals surface area contributed by atoms with E-state index in [4.69, 9.17) is 0 Å². The number of rotatable bonds is 4. The van der Waals surface area contributed by atoms with E-state index < -0.39 is 0 Å². The van der Waals surface area contributed by atoms with Crippen LogP contribution in [0.25, 0.3) is 0 Å². The van der Waals surface area contributed by atoms with Gasteiger partial charge in [-0.05, 0) is 13.3 Å². The molecule has 1 unspecified atom stereocenters. The first-order valence-corrected chi connectivity index (χ1v) is 4.04. The van der Waals surface area contributed by atoms with Crippen LogP contribution < -0.4 is 10.6 Å². The maximum absolute atomic E-state index is 10.6. The second-order valence-corrected chi connectivity index (χ2v) is 2.87. The van der Waals surface area contributed by atoms with Gasteiger partial charge in [0.1, 0.15) is 0 Å². The van der Waals surface area contributed by atoms with Gasteiger partial charge in [0.05, 0.1) is 0 Å². The quantitative estimate of drug-likeness (QED) is 0.629. The largest absolute Gasteiger partial charge is 0.356 e.